The molecule has 21 heavy (non-hydrogen) atoms. The summed E-state index contributed by atoms with van der Waals surface area (Å²) in [6.45, 7) is 1.63. The summed E-state index contributed by atoms with van der Waals surface area (Å²) in [6, 6.07) is 1.67. The van der Waals surface area contributed by atoms with E-state index < -0.39 is 17.5 Å². The lowest BCUT2D eigenvalue weighted by Crippen LogP contribution is -2.30. The van der Waals surface area contributed by atoms with Gasteiger partial charge in [0, 0.05) is 25.2 Å². The molecule has 8 heteroatoms. The molecule has 1 saturated heterocycles. The second-order valence-electron chi connectivity index (χ2n) is 4.95. The van der Waals surface area contributed by atoms with Gasteiger partial charge in [-0.25, -0.2) is 13.2 Å². The summed E-state index contributed by atoms with van der Waals surface area (Å²) < 4.78 is 40.7. The molecular weight excluding hydrogens is 283 g/mol. The lowest BCUT2D eigenvalue weighted by atomic mass is 10.1. The predicted molar refractivity (Wildman–Crippen MR) is 71.7 cm³/mol. The van der Waals surface area contributed by atoms with Crippen molar-refractivity contribution >= 4 is 11.9 Å². The molecule has 2 aromatic rings. The van der Waals surface area contributed by atoms with Gasteiger partial charge in [0.25, 0.3) is 0 Å². The lowest BCUT2D eigenvalue weighted by molar-refractivity contribution is 0.446. The maximum Gasteiger partial charge on any atom is 0.246 e. The van der Waals surface area contributed by atoms with Crippen LogP contribution in [-0.2, 0) is 0 Å². The zero-order chi connectivity index (χ0) is 15.0. The summed E-state index contributed by atoms with van der Waals surface area (Å²) >= 11 is 0. The number of nitrogens with zero attached hydrogens (tertiary/aromatic N) is 4. The van der Waals surface area contributed by atoms with Crippen molar-refractivity contribution in [3.63, 3.8) is 0 Å². The predicted octanol–water partition coefficient (Wildman–Crippen LogP) is 2.26. The number of benzene rings is 1. The highest BCUT2D eigenvalue weighted by atomic mass is 19.2. The summed E-state index contributed by atoms with van der Waals surface area (Å²) in [6.07, 6.45) is 3.23. The standard InChI is InChI=1S/C13H14F3N5/c14-9-6-8(7-10(15)11(9)16)21-12(17)18-13(19-21)20-4-2-1-3-5-20/h6-7H,1-5H2,(H2,17,18,19). The van der Waals surface area contributed by atoms with Gasteiger partial charge in [0.05, 0.1) is 5.69 Å². The van der Waals surface area contributed by atoms with Gasteiger partial charge < -0.3 is 10.6 Å². The number of anilines is 2. The number of nitrogens with two attached hydrogens (primary N) is 1. The van der Waals surface area contributed by atoms with Crippen molar-refractivity contribution in [3.8, 4) is 5.69 Å². The maximum atomic E-state index is 13.3. The molecule has 112 valence electrons. The molecule has 0 atom stereocenters. The number of hydrogen-bond acceptors (Lipinski definition) is 4. The zero-order valence-corrected chi connectivity index (χ0v) is 11.2. The van der Waals surface area contributed by atoms with Crippen LogP contribution in [0.3, 0.4) is 0 Å². The van der Waals surface area contributed by atoms with Gasteiger partial charge in [-0.2, -0.15) is 9.67 Å². The Labute approximate surface area is 119 Å². The van der Waals surface area contributed by atoms with Crippen LogP contribution in [-0.4, -0.2) is 27.9 Å². The van der Waals surface area contributed by atoms with E-state index in [2.05, 4.69) is 10.1 Å². The first-order valence-corrected chi connectivity index (χ1v) is 6.68. The van der Waals surface area contributed by atoms with Crippen LogP contribution in [0.5, 0.6) is 0 Å². The molecule has 0 radical (unpaired) electrons. The molecule has 0 aliphatic carbocycles. The van der Waals surface area contributed by atoms with Crippen LogP contribution in [0, 0.1) is 17.5 Å². The average molecular weight is 297 g/mol. The van der Waals surface area contributed by atoms with Crippen LogP contribution in [0.1, 0.15) is 19.3 Å². The van der Waals surface area contributed by atoms with Crippen LogP contribution < -0.4 is 10.6 Å². The van der Waals surface area contributed by atoms with Crippen molar-refractivity contribution < 1.29 is 13.2 Å². The Balaban J connectivity index is 1.97. The lowest BCUT2D eigenvalue weighted by Gasteiger charge is -2.24. The summed E-state index contributed by atoms with van der Waals surface area (Å²) in [7, 11) is 0. The van der Waals surface area contributed by atoms with Crippen molar-refractivity contribution in [1.82, 2.24) is 14.8 Å². The van der Waals surface area contributed by atoms with Gasteiger partial charge in [-0.1, -0.05) is 0 Å². The quantitative estimate of drug-likeness (QED) is 0.864. The van der Waals surface area contributed by atoms with E-state index in [4.69, 9.17) is 5.73 Å². The third-order valence-electron chi connectivity index (χ3n) is 3.47. The molecule has 0 amide bonds. The molecular formula is C13H14F3N5. The zero-order valence-electron chi connectivity index (χ0n) is 11.2. The van der Waals surface area contributed by atoms with Crippen LogP contribution in [0.15, 0.2) is 12.1 Å². The van der Waals surface area contributed by atoms with Crippen LogP contribution in [0.4, 0.5) is 25.1 Å². The van der Waals surface area contributed by atoms with Crippen molar-refractivity contribution in [1.29, 1.82) is 0 Å². The first kappa shape index (κ1) is 13.7. The molecule has 1 aromatic heterocycles. The van der Waals surface area contributed by atoms with Gasteiger partial charge in [-0.3, -0.25) is 0 Å². The fourth-order valence-corrected chi connectivity index (χ4v) is 2.40. The van der Waals surface area contributed by atoms with E-state index in [9.17, 15) is 13.2 Å². The molecule has 2 N–H and O–H groups in total. The van der Waals surface area contributed by atoms with E-state index in [0.29, 0.717) is 5.95 Å². The minimum atomic E-state index is -1.52. The van der Waals surface area contributed by atoms with Crippen molar-refractivity contribution in [3.05, 3.63) is 29.6 Å². The molecule has 0 saturated carbocycles. The maximum absolute atomic E-state index is 13.3. The van der Waals surface area contributed by atoms with Gasteiger partial charge in [0.1, 0.15) is 0 Å². The molecule has 1 aliphatic rings. The molecule has 0 bridgehead atoms. The summed E-state index contributed by atoms with van der Waals surface area (Å²) in [4.78, 5) is 6.07. The van der Waals surface area contributed by atoms with Crippen molar-refractivity contribution in [2.75, 3.05) is 23.7 Å². The third kappa shape index (κ3) is 2.53. The Morgan fingerprint density at radius 1 is 1.00 bits per heavy atom. The van der Waals surface area contributed by atoms with Crippen molar-refractivity contribution in [2.24, 2.45) is 0 Å². The van der Waals surface area contributed by atoms with Crippen LogP contribution >= 0.6 is 0 Å². The number of piperidine rings is 1. The van der Waals surface area contributed by atoms with Gasteiger partial charge in [0.15, 0.2) is 17.5 Å². The number of nitrogen functional groups attached to an aromatic ring is 1. The van der Waals surface area contributed by atoms with E-state index in [0.717, 1.165) is 49.2 Å². The number of aromatic nitrogens is 3. The summed E-state index contributed by atoms with van der Waals surface area (Å²) in [5.74, 6) is -3.69. The summed E-state index contributed by atoms with van der Waals surface area (Å²) in [5.41, 5.74) is 5.74. The van der Waals surface area contributed by atoms with E-state index in [1.807, 2.05) is 4.90 Å². The van der Waals surface area contributed by atoms with E-state index >= 15 is 0 Å². The van der Waals surface area contributed by atoms with Gasteiger partial charge in [-0.15, -0.1) is 5.10 Å². The molecule has 3 rings (SSSR count). The first-order chi connectivity index (χ1) is 10.1. The SMILES string of the molecule is Nc1nc(N2CCCCC2)nn1-c1cc(F)c(F)c(F)c1. The highest BCUT2D eigenvalue weighted by Crippen LogP contribution is 2.22. The number of halogens is 3. The molecule has 2 heterocycles. The second kappa shape index (κ2) is 5.27. The van der Waals surface area contributed by atoms with Crippen LogP contribution in [0.25, 0.3) is 5.69 Å². The Bertz CT molecular complexity index is 641. The monoisotopic (exact) mass is 297 g/mol. The molecule has 0 spiro atoms. The first-order valence-electron chi connectivity index (χ1n) is 6.68. The third-order valence-corrected chi connectivity index (χ3v) is 3.47. The molecule has 1 aromatic carbocycles. The second-order valence-corrected chi connectivity index (χ2v) is 4.95. The Morgan fingerprint density at radius 3 is 2.24 bits per heavy atom. The highest BCUT2D eigenvalue weighted by Gasteiger charge is 2.19. The highest BCUT2D eigenvalue weighted by molar-refractivity contribution is 5.43. The van der Waals surface area contributed by atoms with Crippen molar-refractivity contribution in [2.45, 2.75) is 19.3 Å². The fraction of sp³-hybridized carbons (Fsp3) is 0.385. The van der Waals surface area contributed by atoms with Crippen LogP contribution in [0.2, 0.25) is 0 Å². The van der Waals surface area contributed by atoms with Gasteiger partial charge in [0.2, 0.25) is 11.9 Å². The van der Waals surface area contributed by atoms with E-state index in [1.165, 1.54) is 0 Å². The van der Waals surface area contributed by atoms with E-state index in [1.54, 1.807) is 0 Å². The van der Waals surface area contributed by atoms with E-state index in [-0.39, 0.29) is 11.6 Å². The molecule has 1 aliphatic heterocycles. The van der Waals surface area contributed by atoms with Gasteiger partial charge >= 0.3 is 0 Å². The minimum Gasteiger partial charge on any atom is -0.368 e. The van der Waals surface area contributed by atoms with Gasteiger partial charge in [-0.05, 0) is 19.3 Å². The number of hydrogen-bond donors (Lipinski definition) is 1. The average Bonchev–Trinajstić information content (AvgIpc) is 2.87. The molecule has 0 unspecified atom stereocenters. The smallest absolute Gasteiger partial charge is 0.246 e. The minimum absolute atomic E-state index is 0.000315. The molecule has 1 fully saturated rings. The Hall–Kier alpha value is -2.25. The summed E-state index contributed by atoms with van der Waals surface area (Å²) in [5, 5.41) is 4.17. The fourth-order valence-electron chi connectivity index (χ4n) is 2.40. The largest absolute Gasteiger partial charge is 0.368 e. The number of rotatable bonds is 2. The Morgan fingerprint density at radius 2 is 1.62 bits per heavy atom. The molecule has 5 nitrogen and oxygen atoms in total. The Kier molecular flexibility index (Phi) is 3.44. The normalized spacial score (nSPS) is 15.5. The topological polar surface area (TPSA) is 60.0 Å².